The number of nitro groups is 1. The summed E-state index contributed by atoms with van der Waals surface area (Å²) in [5.41, 5.74) is 0.885. The first kappa shape index (κ1) is 15.9. The molecule has 0 saturated carbocycles. The fraction of sp³-hybridized carbons (Fsp3) is 0.312. The maximum absolute atomic E-state index is 11.7. The van der Waals surface area contributed by atoms with Crippen molar-refractivity contribution in [2.24, 2.45) is 0 Å². The van der Waals surface area contributed by atoms with Crippen LogP contribution in [0.2, 0.25) is 0 Å². The largest absolute Gasteiger partial charge is 0.464 e. The Hall–Kier alpha value is -3.03. The maximum atomic E-state index is 11.7. The number of aromatic nitrogens is 2. The third-order valence-corrected chi connectivity index (χ3v) is 4.04. The third-order valence-electron chi connectivity index (χ3n) is 4.04. The number of hydrogen-bond acceptors (Lipinski definition) is 7. The SMILES string of the molecule is COC(=O)c1ccc([N+](=O)[O-])c(N2CCC(c3ccccn3)C2)n1. The lowest BCUT2D eigenvalue weighted by atomic mass is 10.0. The van der Waals surface area contributed by atoms with Crippen LogP contribution in [0, 0.1) is 10.1 Å². The zero-order chi connectivity index (χ0) is 17.1. The van der Waals surface area contributed by atoms with Crippen LogP contribution in [0.15, 0.2) is 36.5 Å². The van der Waals surface area contributed by atoms with Crippen LogP contribution in [0.4, 0.5) is 11.5 Å². The van der Waals surface area contributed by atoms with Crippen molar-refractivity contribution in [1.82, 2.24) is 9.97 Å². The molecule has 1 aliphatic rings. The molecule has 0 aromatic carbocycles. The molecule has 24 heavy (non-hydrogen) atoms. The van der Waals surface area contributed by atoms with E-state index in [4.69, 9.17) is 0 Å². The third kappa shape index (κ3) is 3.03. The van der Waals surface area contributed by atoms with E-state index in [1.807, 2.05) is 23.1 Å². The maximum Gasteiger partial charge on any atom is 0.356 e. The van der Waals surface area contributed by atoms with Crippen molar-refractivity contribution in [3.05, 3.63) is 58.0 Å². The van der Waals surface area contributed by atoms with Crippen molar-refractivity contribution in [1.29, 1.82) is 0 Å². The number of hydrogen-bond donors (Lipinski definition) is 0. The Morgan fingerprint density at radius 2 is 2.21 bits per heavy atom. The van der Waals surface area contributed by atoms with Crippen LogP contribution in [0.3, 0.4) is 0 Å². The minimum atomic E-state index is -0.619. The Balaban J connectivity index is 1.90. The van der Waals surface area contributed by atoms with Crippen molar-refractivity contribution in [3.8, 4) is 0 Å². The van der Waals surface area contributed by atoms with E-state index in [9.17, 15) is 14.9 Å². The van der Waals surface area contributed by atoms with Gasteiger partial charge < -0.3 is 9.64 Å². The zero-order valence-corrected chi connectivity index (χ0v) is 13.1. The normalized spacial score (nSPS) is 16.9. The summed E-state index contributed by atoms with van der Waals surface area (Å²) in [5.74, 6) is -0.248. The van der Waals surface area contributed by atoms with Crippen LogP contribution in [-0.2, 0) is 4.74 Å². The molecule has 1 unspecified atom stereocenters. The molecule has 1 saturated heterocycles. The molecular weight excluding hydrogens is 312 g/mol. The molecule has 1 fully saturated rings. The van der Waals surface area contributed by atoms with Crippen LogP contribution in [-0.4, -0.2) is 41.1 Å². The summed E-state index contributed by atoms with van der Waals surface area (Å²) in [6.45, 7) is 1.18. The number of nitrogens with zero attached hydrogens (tertiary/aromatic N) is 4. The number of anilines is 1. The Bertz CT molecular complexity index is 766. The minimum Gasteiger partial charge on any atom is -0.464 e. The van der Waals surface area contributed by atoms with Crippen molar-refractivity contribution < 1.29 is 14.5 Å². The number of methoxy groups -OCH3 is 1. The first-order chi connectivity index (χ1) is 11.6. The summed E-state index contributed by atoms with van der Waals surface area (Å²) in [6, 6.07) is 8.31. The summed E-state index contributed by atoms with van der Waals surface area (Å²) in [7, 11) is 1.25. The molecule has 8 heteroatoms. The van der Waals surface area contributed by atoms with Gasteiger partial charge in [-0.05, 0) is 24.6 Å². The molecule has 1 atom stereocenters. The molecule has 1 aliphatic heterocycles. The van der Waals surface area contributed by atoms with Crippen molar-refractivity contribution >= 4 is 17.5 Å². The van der Waals surface area contributed by atoms with Crippen molar-refractivity contribution in [3.63, 3.8) is 0 Å². The second-order valence-corrected chi connectivity index (χ2v) is 5.47. The van der Waals surface area contributed by atoms with Gasteiger partial charge in [0.1, 0.15) is 0 Å². The van der Waals surface area contributed by atoms with E-state index in [1.165, 1.54) is 19.2 Å². The first-order valence-corrected chi connectivity index (χ1v) is 7.49. The average molecular weight is 328 g/mol. The lowest BCUT2D eigenvalue weighted by Crippen LogP contribution is -2.23. The Morgan fingerprint density at radius 3 is 2.88 bits per heavy atom. The van der Waals surface area contributed by atoms with Gasteiger partial charge in [0.05, 0.1) is 12.0 Å². The summed E-state index contributed by atoms with van der Waals surface area (Å²) in [4.78, 5) is 32.8. The van der Waals surface area contributed by atoms with Gasteiger partial charge in [0.15, 0.2) is 5.69 Å². The fourth-order valence-corrected chi connectivity index (χ4v) is 2.85. The molecule has 0 aliphatic carbocycles. The van der Waals surface area contributed by atoms with E-state index >= 15 is 0 Å². The molecule has 2 aromatic rings. The molecule has 8 nitrogen and oxygen atoms in total. The summed E-state index contributed by atoms with van der Waals surface area (Å²) in [6.07, 6.45) is 2.55. The van der Waals surface area contributed by atoms with Gasteiger partial charge in [0.2, 0.25) is 5.82 Å². The minimum absolute atomic E-state index is 0.0550. The van der Waals surface area contributed by atoms with Crippen LogP contribution < -0.4 is 4.90 Å². The summed E-state index contributed by atoms with van der Waals surface area (Å²) >= 11 is 0. The topological polar surface area (TPSA) is 98.5 Å². The van der Waals surface area contributed by atoms with Gasteiger partial charge in [0.25, 0.3) is 0 Å². The molecule has 124 valence electrons. The molecule has 3 rings (SSSR count). The molecule has 3 heterocycles. The van der Waals surface area contributed by atoms with Crippen molar-refractivity contribution in [2.45, 2.75) is 12.3 Å². The first-order valence-electron chi connectivity index (χ1n) is 7.49. The summed E-state index contributed by atoms with van der Waals surface area (Å²) < 4.78 is 4.64. The number of carbonyl (C=O) groups excluding carboxylic acids is 1. The molecular formula is C16H16N4O4. The molecule has 0 radical (unpaired) electrons. The monoisotopic (exact) mass is 328 g/mol. The predicted molar refractivity (Wildman–Crippen MR) is 86.0 cm³/mol. The number of pyridine rings is 2. The zero-order valence-electron chi connectivity index (χ0n) is 13.1. The van der Waals surface area contributed by atoms with Crippen LogP contribution >= 0.6 is 0 Å². The van der Waals surface area contributed by atoms with Crippen LogP contribution in [0.25, 0.3) is 0 Å². The van der Waals surface area contributed by atoms with Gasteiger partial charge >= 0.3 is 11.7 Å². The van der Waals surface area contributed by atoms with E-state index in [1.54, 1.807) is 6.20 Å². The summed E-state index contributed by atoms with van der Waals surface area (Å²) in [5, 5.41) is 11.3. The Morgan fingerprint density at radius 1 is 1.38 bits per heavy atom. The molecule has 0 amide bonds. The standard InChI is InChI=1S/C16H16N4O4/c1-24-16(21)13-5-6-14(20(22)23)15(18-13)19-9-7-11(10-19)12-4-2-3-8-17-12/h2-6,8,11H,7,9-10H2,1H3. The highest BCUT2D eigenvalue weighted by atomic mass is 16.6. The van der Waals surface area contributed by atoms with Gasteiger partial charge in [-0.15, -0.1) is 0 Å². The number of rotatable bonds is 4. The quantitative estimate of drug-likeness (QED) is 0.482. The lowest BCUT2D eigenvalue weighted by Gasteiger charge is -2.17. The molecule has 0 N–H and O–H groups in total. The van der Waals surface area contributed by atoms with E-state index in [-0.39, 0.29) is 23.1 Å². The predicted octanol–water partition coefficient (Wildman–Crippen LogP) is 2.17. The molecule has 0 spiro atoms. The smallest absolute Gasteiger partial charge is 0.356 e. The van der Waals surface area contributed by atoms with E-state index < -0.39 is 10.9 Å². The van der Waals surface area contributed by atoms with E-state index in [0.29, 0.717) is 13.1 Å². The lowest BCUT2D eigenvalue weighted by molar-refractivity contribution is -0.384. The van der Waals surface area contributed by atoms with E-state index in [2.05, 4.69) is 14.7 Å². The van der Waals surface area contributed by atoms with Gasteiger partial charge in [-0.25, -0.2) is 9.78 Å². The fourth-order valence-electron chi connectivity index (χ4n) is 2.85. The van der Waals surface area contributed by atoms with Gasteiger partial charge in [-0.2, -0.15) is 0 Å². The second-order valence-electron chi connectivity index (χ2n) is 5.47. The van der Waals surface area contributed by atoms with E-state index in [0.717, 1.165) is 12.1 Å². The van der Waals surface area contributed by atoms with Gasteiger partial charge in [0, 0.05) is 37.0 Å². The average Bonchev–Trinajstić information content (AvgIpc) is 3.11. The Kier molecular flexibility index (Phi) is 4.37. The molecule has 2 aromatic heterocycles. The highest BCUT2D eigenvalue weighted by Crippen LogP contribution is 2.33. The second kappa shape index (κ2) is 6.61. The number of esters is 1. The number of carbonyl (C=O) groups is 1. The van der Waals surface area contributed by atoms with Gasteiger partial charge in [-0.1, -0.05) is 6.07 Å². The number of ether oxygens (including phenoxy) is 1. The van der Waals surface area contributed by atoms with Crippen molar-refractivity contribution in [2.75, 3.05) is 25.1 Å². The van der Waals surface area contributed by atoms with Crippen LogP contribution in [0.1, 0.15) is 28.5 Å². The van der Waals surface area contributed by atoms with Gasteiger partial charge in [-0.3, -0.25) is 15.1 Å². The highest BCUT2D eigenvalue weighted by Gasteiger charge is 2.31. The molecule has 0 bridgehead atoms. The Labute approximate surface area is 138 Å². The highest BCUT2D eigenvalue weighted by molar-refractivity contribution is 5.88. The van der Waals surface area contributed by atoms with Crippen LogP contribution in [0.5, 0.6) is 0 Å².